The normalized spacial score (nSPS) is 27.7. The lowest BCUT2D eigenvalue weighted by molar-refractivity contribution is -0.140. The van der Waals surface area contributed by atoms with Gasteiger partial charge in [-0.15, -0.1) is 0 Å². The molecule has 0 bridgehead atoms. The summed E-state index contributed by atoms with van der Waals surface area (Å²) < 4.78 is 69.3. The first-order valence-corrected chi connectivity index (χ1v) is 14.2. The number of esters is 1. The van der Waals surface area contributed by atoms with Gasteiger partial charge in [0.2, 0.25) is 5.82 Å². The Hall–Kier alpha value is -2.45. The second-order valence-corrected chi connectivity index (χ2v) is 11.4. The Morgan fingerprint density at radius 2 is 1.36 bits per heavy atom. The molecular weight excluding hydrogens is 512 g/mol. The van der Waals surface area contributed by atoms with Crippen LogP contribution in [0.1, 0.15) is 106 Å². The summed E-state index contributed by atoms with van der Waals surface area (Å²) in [5.74, 6) is -5.59. The fraction of sp³-hybridized carbons (Fsp3) is 0.581. The molecule has 212 valence electrons. The molecule has 8 heteroatoms. The van der Waals surface area contributed by atoms with Gasteiger partial charge in [-0.3, -0.25) is 4.79 Å². The van der Waals surface area contributed by atoms with Gasteiger partial charge in [0.25, 0.3) is 0 Å². The summed E-state index contributed by atoms with van der Waals surface area (Å²) in [6, 6.07) is 5.98. The van der Waals surface area contributed by atoms with E-state index in [-0.39, 0.29) is 29.4 Å². The Balaban J connectivity index is 1.17. The molecule has 2 atom stereocenters. The Morgan fingerprint density at radius 3 is 1.90 bits per heavy atom. The van der Waals surface area contributed by atoms with E-state index in [1.165, 1.54) is 12.1 Å². The van der Waals surface area contributed by atoms with Crippen molar-refractivity contribution in [2.24, 2.45) is 11.8 Å². The second kappa shape index (κ2) is 12.0. The number of carbonyl (C=O) groups is 1. The average molecular weight is 549 g/mol. The lowest BCUT2D eigenvalue weighted by Crippen LogP contribution is -2.26. The molecule has 0 amide bonds. The van der Waals surface area contributed by atoms with Crippen LogP contribution in [0.4, 0.5) is 17.6 Å². The smallest absolute Gasteiger partial charge is 0.314 e. The van der Waals surface area contributed by atoms with Gasteiger partial charge in [-0.05, 0) is 98.8 Å². The number of epoxide rings is 1. The van der Waals surface area contributed by atoms with E-state index in [4.69, 9.17) is 9.47 Å². The molecule has 4 nitrogen and oxygen atoms in total. The number of aliphatic hydroxyl groups excluding tert-OH is 1. The van der Waals surface area contributed by atoms with Gasteiger partial charge in [0.1, 0.15) is 6.10 Å². The lowest BCUT2D eigenvalue weighted by Gasteiger charge is -2.32. The molecule has 0 aromatic heterocycles. The SMILES string of the molecule is CCCC(O)C1CCC(c2ccc(C3CCC(C(=O)Oc4ccc(C5CO5)c(F)c4F)CC3)c(F)c2F)CC1. The standard InChI is InChI=1S/C31H36F4O4/c1-2-3-24(36)19-8-4-17(5-9-19)21-12-13-22(28(33)27(21)32)18-6-10-20(11-7-18)31(37)39-25-15-14-23(26-16-38-26)29(34)30(25)35/h12-15,17-20,24,26,36H,2-11,16H2,1H3. The fourth-order valence-corrected chi connectivity index (χ4v) is 6.49. The number of hydrogen-bond acceptors (Lipinski definition) is 4. The van der Waals surface area contributed by atoms with Crippen molar-refractivity contribution in [3.63, 3.8) is 0 Å². The van der Waals surface area contributed by atoms with Crippen LogP contribution in [0.3, 0.4) is 0 Å². The van der Waals surface area contributed by atoms with Gasteiger partial charge in [-0.1, -0.05) is 25.5 Å². The van der Waals surface area contributed by atoms with Crippen LogP contribution >= 0.6 is 0 Å². The molecule has 0 spiro atoms. The molecule has 1 N–H and O–H groups in total. The number of halogens is 4. The second-order valence-electron chi connectivity index (χ2n) is 11.4. The highest BCUT2D eigenvalue weighted by Crippen LogP contribution is 2.43. The van der Waals surface area contributed by atoms with Crippen molar-refractivity contribution in [1.29, 1.82) is 0 Å². The van der Waals surface area contributed by atoms with Crippen molar-refractivity contribution < 1.29 is 36.9 Å². The molecule has 39 heavy (non-hydrogen) atoms. The summed E-state index contributed by atoms with van der Waals surface area (Å²) in [5.41, 5.74) is 0.832. The van der Waals surface area contributed by atoms with E-state index in [0.29, 0.717) is 43.4 Å². The van der Waals surface area contributed by atoms with E-state index in [9.17, 15) is 18.7 Å². The third-order valence-electron chi connectivity index (χ3n) is 8.95. The molecule has 0 radical (unpaired) electrons. The maximum Gasteiger partial charge on any atom is 0.314 e. The molecule has 2 saturated carbocycles. The fourth-order valence-electron chi connectivity index (χ4n) is 6.49. The Morgan fingerprint density at radius 1 is 0.846 bits per heavy atom. The summed E-state index contributed by atoms with van der Waals surface area (Å²) >= 11 is 0. The van der Waals surface area contributed by atoms with Gasteiger partial charge in [0.15, 0.2) is 23.2 Å². The highest BCUT2D eigenvalue weighted by molar-refractivity contribution is 5.75. The van der Waals surface area contributed by atoms with Crippen molar-refractivity contribution in [3.8, 4) is 5.75 Å². The Kier molecular flexibility index (Phi) is 8.62. The predicted octanol–water partition coefficient (Wildman–Crippen LogP) is 7.63. The summed E-state index contributed by atoms with van der Waals surface area (Å²) in [5, 5.41) is 10.3. The highest BCUT2D eigenvalue weighted by Gasteiger charge is 2.34. The summed E-state index contributed by atoms with van der Waals surface area (Å²) in [4.78, 5) is 12.7. The van der Waals surface area contributed by atoms with Gasteiger partial charge < -0.3 is 14.6 Å². The molecule has 1 aliphatic heterocycles. The molecule has 2 aliphatic carbocycles. The van der Waals surface area contributed by atoms with Gasteiger partial charge in [-0.2, -0.15) is 4.39 Å². The topological polar surface area (TPSA) is 59.1 Å². The van der Waals surface area contributed by atoms with Crippen LogP contribution in [0.5, 0.6) is 5.75 Å². The number of rotatable bonds is 8. The zero-order valence-electron chi connectivity index (χ0n) is 22.2. The first-order valence-electron chi connectivity index (χ1n) is 14.2. The van der Waals surface area contributed by atoms with Crippen LogP contribution < -0.4 is 4.74 Å². The third kappa shape index (κ3) is 6.02. The van der Waals surface area contributed by atoms with Crippen molar-refractivity contribution in [3.05, 3.63) is 64.2 Å². The van der Waals surface area contributed by atoms with Crippen LogP contribution in [-0.2, 0) is 9.53 Å². The maximum atomic E-state index is 15.2. The van der Waals surface area contributed by atoms with Crippen LogP contribution in [0.2, 0.25) is 0 Å². The molecule has 5 rings (SSSR count). The van der Waals surface area contributed by atoms with Crippen LogP contribution in [0, 0.1) is 35.1 Å². The van der Waals surface area contributed by atoms with E-state index < -0.39 is 47.0 Å². The minimum absolute atomic E-state index is 0.0553. The largest absolute Gasteiger partial charge is 0.423 e. The zero-order chi connectivity index (χ0) is 27.7. The molecule has 3 aliphatic rings. The van der Waals surface area contributed by atoms with Crippen molar-refractivity contribution in [1.82, 2.24) is 0 Å². The van der Waals surface area contributed by atoms with Crippen molar-refractivity contribution in [2.75, 3.05) is 6.61 Å². The van der Waals surface area contributed by atoms with Gasteiger partial charge in [0, 0.05) is 5.56 Å². The van der Waals surface area contributed by atoms with Gasteiger partial charge in [0.05, 0.1) is 18.6 Å². The lowest BCUT2D eigenvalue weighted by atomic mass is 9.74. The summed E-state index contributed by atoms with van der Waals surface area (Å²) in [6.45, 7) is 2.37. The molecule has 1 heterocycles. The maximum absolute atomic E-state index is 15.2. The first kappa shape index (κ1) is 28.1. The minimum Gasteiger partial charge on any atom is -0.423 e. The Bertz CT molecular complexity index is 1180. The van der Waals surface area contributed by atoms with E-state index in [0.717, 1.165) is 38.5 Å². The predicted molar refractivity (Wildman–Crippen MR) is 137 cm³/mol. The number of ether oxygens (including phenoxy) is 2. The van der Waals surface area contributed by atoms with Gasteiger partial charge >= 0.3 is 5.97 Å². The van der Waals surface area contributed by atoms with E-state index in [2.05, 4.69) is 0 Å². The number of benzene rings is 2. The van der Waals surface area contributed by atoms with E-state index >= 15 is 8.78 Å². The van der Waals surface area contributed by atoms with E-state index in [1.807, 2.05) is 6.92 Å². The molecular formula is C31H36F4O4. The Labute approximate surface area is 226 Å². The summed E-state index contributed by atoms with van der Waals surface area (Å²) in [6.07, 6.45) is 5.69. The molecule has 1 saturated heterocycles. The van der Waals surface area contributed by atoms with E-state index in [1.54, 1.807) is 12.1 Å². The minimum atomic E-state index is -1.21. The van der Waals surface area contributed by atoms with Crippen LogP contribution in [-0.4, -0.2) is 23.8 Å². The zero-order valence-corrected chi connectivity index (χ0v) is 22.2. The quantitative estimate of drug-likeness (QED) is 0.160. The number of hydrogen-bond donors (Lipinski definition) is 1. The van der Waals surface area contributed by atoms with Crippen LogP contribution in [0.25, 0.3) is 0 Å². The van der Waals surface area contributed by atoms with Crippen molar-refractivity contribution >= 4 is 5.97 Å². The first-order chi connectivity index (χ1) is 18.8. The molecule has 2 unspecified atom stereocenters. The van der Waals surface area contributed by atoms with Gasteiger partial charge in [-0.25, -0.2) is 13.2 Å². The molecule has 3 fully saturated rings. The number of carbonyl (C=O) groups excluding carboxylic acids is 1. The summed E-state index contributed by atoms with van der Waals surface area (Å²) in [7, 11) is 0. The average Bonchev–Trinajstić information content (AvgIpc) is 3.79. The van der Waals surface area contributed by atoms with Crippen LogP contribution in [0.15, 0.2) is 24.3 Å². The molecule has 2 aromatic carbocycles. The third-order valence-corrected chi connectivity index (χ3v) is 8.95. The number of aliphatic hydroxyl groups is 1. The van der Waals surface area contributed by atoms with Crippen molar-refractivity contribution in [2.45, 2.75) is 95.2 Å². The monoisotopic (exact) mass is 548 g/mol. The highest BCUT2D eigenvalue weighted by atomic mass is 19.2. The molecule has 2 aromatic rings.